The second-order valence-electron chi connectivity index (χ2n) is 2.97. The predicted molar refractivity (Wildman–Crippen MR) is 57.4 cm³/mol. The molecule has 1 aromatic rings. The number of hydrogen-bond acceptors (Lipinski definition) is 3. The minimum atomic E-state index is 1.10. The normalized spacial score (nSPS) is 10.4. The lowest BCUT2D eigenvalue weighted by molar-refractivity contribution is 0.908. The smallest absolute Gasteiger partial charge is 0.0540 e. The maximum atomic E-state index is 3.93. The fourth-order valence-corrected chi connectivity index (χ4v) is 0.998. The summed E-state index contributed by atoms with van der Waals surface area (Å²) in [7, 11) is 5.83. The van der Waals surface area contributed by atoms with E-state index < -0.39 is 0 Å². The van der Waals surface area contributed by atoms with Gasteiger partial charge >= 0.3 is 0 Å². The largest absolute Gasteiger partial charge is 0.378 e. The van der Waals surface area contributed by atoms with Crippen LogP contribution in [-0.2, 0) is 0 Å². The van der Waals surface area contributed by atoms with Gasteiger partial charge in [-0.05, 0) is 17.7 Å². The number of anilines is 1. The third-order valence-electron chi connectivity index (χ3n) is 1.75. The van der Waals surface area contributed by atoms with Crippen LogP contribution in [0.2, 0.25) is 0 Å². The quantitative estimate of drug-likeness (QED) is 0.557. The Morgan fingerprint density at radius 3 is 2.31 bits per heavy atom. The van der Waals surface area contributed by atoms with Crippen molar-refractivity contribution in [2.24, 2.45) is 5.10 Å². The summed E-state index contributed by atoms with van der Waals surface area (Å²) in [5, 5.41) is 3.93. The number of hydrogen-bond donors (Lipinski definition) is 1. The van der Waals surface area contributed by atoms with Gasteiger partial charge in [0.15, 0.2) is 0 Å². The number of nitrogens with zero attached hydrogens (tertiary/aromatic N) is 2. The molecule has 0 radical (unpaired) electrons. The summed E-state index contributed by atoms with van der Waals surface area (Å²) in [5.74, 6) is 0. The van der Waals surface area contributed by atoms with E-state index in [0.717, 1.165) is 5.56 Å². The third kappa shape index (κ3) is 2.78. The molecule has 0 saturated heterocycles. The topological polar surface area (TPSA) is 27.6 Å². The zero-order valence-corrected chi connectivity index (χ0v) is 8.28. The number of rotatable bonds is 3. The van der Waals surface area contributed by atoms with Crippen LogP contribution in [0.25, 0.3) is 0 Å². The van der Waals surface area contributed by atoms with Crippen molar-refractivity contribution in [2.75, 3.05) is 26.0 Å². The standard InChI is InChI=1S/C10H15N3/c1-11-12-8-9-4-6-10(7-5-9)13(2)3/h4-8,11H,1-3H3/b12-8+. The Morgan fingerprint density at radius 1 is 1.23 bits per heavy atom. The molecule has 0 heterocycles. The first-order valence-electron chi connectivity index (χ1n) is 4.21. The molecule has 0 amide bonds. The fourth-order valence-electron chi connectivity index (χ4n) is 0.998. The van der Waals surface area contributed by atoms with Crippen molar-refractivity contribution in [3.8, 4) is 0 Å². The van der Waals surface area contributed by atoms with E-state index in [1.54, 1.807) is 13.3 Å². The van der Waals surface area contributed by atoms with Crippen LogP contribution in [-0.4, -0.2) is 27.4 Å². The van der Waals surface area contributed by atoms with Gasteiger partial charge in [-0.15, -0.1) is 0 Å². The Bertz CT molecular complexity index is 275. The van der Waals surface area contributed by atoms with Gasteiger partial charge in [0.1, 0.15) is 0 Å². The molecule has 0 aliphatic rings. The molecule has 1 rings (SSSR count). The van der Waals surface area contributed by atoms with Crippen molar-refractivity contribution in [1.29, 1.82) is 0 Å². The summed E-state index contributed by atoms with van der Waals surface area (Å²) in [6, 6.07) is 8.21. The van der Waals surface area contributed by atoms with Gasteiger partial charge in [-0.25, -0.2) is 0 Å². The molecule has 0 bridgehead atoms. The maximum Gasteiger partial charge on any atom is 0.0540 e. The minimum absolute atomic E-state index is 1.10. The van der Waals surface area contributed by atoms with Gasteiger partial charge in [0.25, 0.3) is 0 Å². The van der Waals surface area contributed by atoms with Crippen molar-refractivity contribution in [3.63, 3.8) is 0 Å². The molecule has 70 valence electrons. The second kappa shape index (κ2) is 4.50. The molecule has 3 nitrogen and oxygen atoms in total. The molecule has 0 aliphatic heterocycles. The summed E-state index contributed by atoms with van der Waals surface area (Å²) in [6.45, 7) is 0. The van der Waals surface area contributed by atoms with Gasteiger partial charge in [0, 0.05) is 26.8 Å². The van der Waals surface area contributed by atoms with Crippen molar-refractivity contribution in [2.45, 2.75) is 0 Å². The van der Waals surface area contributed by atoms with E-state index in [-0.39, 0.29) is 0 Å². The summed E-state index contributed by atoms with van der Waals surface area (Å²) >= 11 is 0. The summed E-state index contributed by atoms with van der Waals surface area (Å²) in [4.78, 5) is 2.07. The van der Waals surface area contributed by atoms with Crippen LogP contribution >= 0.6 is 0 Å². The van der Waals surface area contributed by atoms with Gasteiger partial charge in [-0.3, -0.25) is 0 Å². The molecule has 0 aromatic heterocycles. The zero-order chi connectivity index (χ0) is 9.68. The first kappa shape index (κ1) is 9.58. The Labute approximate surface area is 79.1 Å². The van der Waals surface area contributed by atoms with Crippen LogP contribution in [0.15, 0.2) is 29.4 Å². The van der Waals surface area contributed by atoms with Crippen LogP contribution in [0.1, 0.15) is 5.56 Å². The predicted octanol–water partition coefficient (Wildman–Crippen LogP) is 1.31. The van der Waals surface area contributed by atoms with E-state index >= 15 is 0 Å². The van der Waals surface area contributed by atoms with E-state index in [9.17, 15) is 0 Å². The Balaban J connectivity index is 2.75. The molecule has 0 fully saturated rings. The minimum Gasteiger partial charge on any atom is -0.378 e. The molecule has 3 heteroatoms. The highest BCUT2D eigenvalue weighted by atomic mass is 15.3. The van der Waals surface area contributed by atoms with Crippen molar-refractivity contribution in [1.82, 2.24) is 5.43 Å². The highest BCUT2D eigenvalue weighted by Gasteiger charge is 1.93. The molecule has 13 heavy (non-hydrogen) atoms. The first-order chi connectivity index (χ1) is 6.24. The molecule has 0 atom stereocenters. The average molecular weight is 177 g/mol. The lowest BCUT2D eigenvalue weighted by atomic mass is 10.2. The van der Waals surface area contributed by atoms with Gasteiger partial charge in [-0.2, -0.15) is 5.10 Å². The molecule has 1 N–H and O–H groups in total. The van der Waals surface area contributed by atoms with Crippen LogP contribution in [0.3, 0.4) is 0 Å². The van der Waals surface area contributed by atoms with Crippen LogP contribution in [0.4, 0.5) is 5.69 Å². The molecule has 0 unspecified atom stereocenters. The number of benzene rings is 1. The average Bonchev–Trinajstić information content (AvgIpc) is 2.15. The Hall–Kier alpha value is -1.51. The van der Waals surface area contributed by atoms with Crippen LogP contribution in [0, 0.1) is 0 Å². The van der Waals surface area contributed by atoms with Gasteiger partial charge in [0.05, 0.1) is 6.21 Å². The summed E-state index contributed by atoms with van der Waals surface area (Å²) in [6.07, 6.45) is 1.79. The van der Waals surface area contributed by atoms with E-state index in [1.165, 1.54) is 5.69 Å². The molecular weight excluding hydrogens is 162 g/mol. The molecule has 0 spiro atoms. The molecule has 0 aliphatic carbocycles. The first-order valence-corrected chi connectivity index (χ1v) is 4.21. The molecular formula is C10H15N3. The third-order valence-corrected chi connectivity index (χ3v) is 1.75. The van der Waals surface area contributed by atoms with E-state index in [2.05, 4.69) is 27.6 Å². The number of hydrazone groups is 1. The lowest BCUT2D eigenvalue weighted by Crippen LogP contribution is -2.08. The monoisotopic (exact) mass is 177 g/mol. The van der Waals surface area contributed by atoms with Crippen molar-refractivity contribution >= 4 is 11.9 Å². The summed E-state index contributed by atoms with van der Waals surface area (Å²) < 4.78 is 0. The fraction of sp³-hybridized carbons (Fsp3) is 0.300. The van der Waals surface area contributed by atoms with E-state index in [0.29, 0.717) is 0 Å². The highest BCUT2D eigenvalue weighted by Crippen LogP contribution is 2.10. The molecule has 1 aromatic carbocycles. The van der Waals surface area contributed by atoms with Crippen LogP contribution < -0.4 is 10.3 Å². The lowest BCUT2D eigenvalue weighted by Gasteiger charge is -2.11. The van der Waals surface area contributed by atoms with Gasteiger partial charge < -0.3 is 10.3 Å². The van der Waals surface area contributed by atoms with Gasteiger partial charge in [-0.1, -0.05) is 12.1 Å². The van der Waals surface area contributed by atoms with E-state index in [4.69, 9.17) is 0 Å². The van der Waals surface area contributed by atoms with Crippen molar-refractivity contribution < 1.29 is 0 Å². The summed E-state index contributed by atoms with van der Waals surface area (Å²) in [5.41, 5.74) is 5.01. The second-order valence-corrected chi connectivity index (χ2v) is 2.97. The van der Waals surface area contributed by atoms with Crippen molar-refractivity contribution in [3.05, 3.63) is 29.8 Å². The molecule has 0 saturated carbocycles. The van der Waals surface area contributed by atoms with Crippen LogP contribution in [0.5, 0.6) is 0 Å². The SMILES string of the molecule is CN/N=C/c1ccc(N(C)C)cc1. The van der Waals surface area contributed by atoms with Gasteiger partial charge in [0.2, 0.25) is 0 Å². The maximum absolute atomic E-state index is 3.93. The Kier molecular flexibility index (Phi) is 3.31. The highest BCUT2D eigenvalue weighted by molar-refractivity contribution is 5.80. The number of nitrogens with one attached hydrogen (secondary N) is 1. The van der Waals surface area contributed by atoms with E-state index in [1.807, 2.05) is 26.2 Å². The Morgan fingerprint density at radius 2 is 1.85 bits per heavy atom. The zero-order valence-electron chi connectivity index (χ0n) is 8.28.